The van der Waals surface area contributed by atoms with Crippen molar-refractivity contribution in [2.75, 3.05) is 34.0 Å². The van der Waals surface area contributed by atoms with E-state index in [0.29, 0.717) is 30.4 Å². The molecule has 2 N–H and O–H groups in total. The van der Waals surface area contributed by atoms with Crippen molar-refractivity contribution in [3.8, 4) is 11.6 Å². The molecule has 1 atom stereocenters. The minimum atomic E-state index is -1.26. The molecule has 10 nitrogen and oxygen atoms in total. The predicted molar refractivity (Wildman–Crippen MR) is 114 cm³/mol. The minimum absolute atomic E-state index is 0.198. The number of rotatable bonds is 10. The maximum atomic E-state index is 12.9. The fourth-order valence-electron chi connectivity index (χ4n) is 3.19. The van der Waals surface area contributed by atoms with E-state index < -0.39 is 23.4 Å². The van der Waals surface area contributed by atoms with E-state index >= 15 is 0 Å². The zero-order valence-corrected chi connectivity index (χ0v) is 18.2. The third-order valence-electron chi connectivity index (χ3n) is 5.07. The second kappa shape index (κ2) is 10.1. The summed E-state index contributed by atoms with van der Waals surface area (Å²) < 4.78 is 15.4. The van der Waals surface area contributed by atoms with E-state index in [2.05, 4.69) is 15.6 Å². The first-order valence-electron chi connectivity index (χ1n) is 9.99. The Labute approximate surface area is 185 Å². The molecule has 0 aliphatic carbocycles. The molecule has 0 radical (unpaired) electrons. The summed E-state index contributed by atoms with van der Waals surface area (Å²) in [5, 5.41) is 5.36. The van der Waals surface area contributed by atoms with Crippen molar-refractivity contribution in [2.45, 2.75) is 19.0 Å². The lowest BCUT2D eigenvalue weighted by atomic mass is 9.92. The Balaban J connectivity index is 1.55. The molecule has 10 heteroatoms. The number of carbonyl (C=O) groups excluding carboxylic acids is 3. The highest BCUT2D eigenvalue weighted by Gasteiger charge is 2.49. The van der Waals surface area contributed by atoms with Crippen LogP contribution < -0.4 is 20.1 Å². The molecule has 1 aromatic heterocycles. The summed E-state index contributed by atoms with van der Waals surface area (Å²) in [6.45, 7) is 2.27. The van der Waals surface area contributed by atoms with Gasteiger partial charge in [0.1, 0.15) is 24.4 Å². The molecule has 1 aliphatic rings. The van der Waals surface area contributed by atoms with Crippen molar-refractivity contribution in [2.24, 2.45) is 0 Å². The Morgan fingerprint density at radius 1 is 1.12 bits per heavy atom. The van der Waals surface area contributed by atoms with Crippen molar-refractivity contribution >= 4 is 17.8 Å². The van der Waals surface area contributed by atoms with Crippen molar-refractivity contribution in [1.29, 1.82) is 0 Å². The van der Waals surface area contributed by atoms with Gasteiger partial charge in [-0.3, -0.25) is 14.5 Å². The summed E-state index contributed by atoms with van der Waals surface area (Å²) in [5.41, 5.74) is 0.0859. The number of ether oxygens (including phenoxy) is 3. The van der Waals surface area contributed by atoms with E-state index in [-0.39, 0.29) is 13.1 Å². The smallest absolute Gasteiger partial charge is 0.325 e. The van der Waals surface area contributed by atoms with Crippen LogP contribution in [0.15, 0.2) is 42.6 Å². The molecular weight excluding hydrogens is 416 g/mol. The van der Waals surface area contributed by atoms with Crippen LogP contribution in [0, 0.1) is 0 Å². The highest BCUT2D eigenvalue weighted by atomic mass is 16.5. The first-order chi connectivity index (χ1) is 15.4. The van der Waals surface area contributed by atoms with Crippen LogP contribution in [0.5, 0.6) is 11.6 Å². The van der Waals surface area contributed by atoms with Gasteiger partial charge >= 0.3 is 6.03 Å². The molecule has 170 valence electrons. The summed E-state index contributed by atoms with van der Waals surface area (Å²) >= 11 is 0. The first-order valence-corrected chi connectivity index (χ1v) is 9.99. The van der Waals surface area contributed by atoms with Crippen LogP contribution in [0.4, 0.5) is 4.79 Å². The highest BCUT2D eigenvalue weighted by Crippen LogP contribution is 2.29. The second-order valence-electron chi connectivity index (χ2n) is 7.30. The van der Waals surface area contributed by atoms with E-state index in [4.69, 9.17) is 14.2 Å². The number of pyridine rings is 1. The van der Waals surface area contributed by atoms with Crippen molar-refractivity contribution in [3.05, 3.63) is 53.7 Å². The maximum Gasteiger partial charge on any atom is 0.325 e. The average Bonchev–Trinajstić information content (AvgIpc) is 3.02. The normalized spacial score (nSPS) is 17.8. The Bertz CT molecular complexity index is 963. The monoisotopic (exact) mass is 442 g/mol. The largest absolute Gasteiger partial charge is 0.497 e. The van der Waals surface area contributed by atoms with Gasteiger partial charge in [0.2, 0.25) is 11.8 Å². The first kappa shape index (κ1) is 23.0. The van der Waals surface area contributed by atoms with Crippen LogP contribution in [0.25, 0.3) is 0 Å². The molecule has 1 unspecified atom stereocenters. The molecule has 1 aliphatic heterocycles. The standard InChI is InChI=1S/C22H26N4O6/c1-22(16-5-7-17(31-3)8-6-16)20(28)26(21(29)25-22)14-18(27)23-12-15-4-9-19(24-13-15)32-11-10-30-2/h4-9,13H,10-12,14H2,1-3H3,(H,23,27)(H,25,29). The van der Waals surface area contributed by atoms with Crippen LogP contribution >= 0.6 is 0 Å². The molecule has 32 heavy (non-hydrogen) atoms. The van der Waals surface area contributed by atoms with Crippen molar-refractivity contribution in [3.63, 3.8) is 0 Å². The number of imide groups is 1. The van der Waals surface area contributed by atoms with E-state index in [9.17, 15) is 14.4 Å². The third-order valence-corrected chi connectivity index (χ3v) is 5.07. The molecule has 1 aromatic carbocycles. The van der Waals surface area contributed by atoms with Gasteiger partial charge in [0, 0.05) is 25.9 Å². The van der Waals surface area contributed by atoms with Crippen LogP contribution in [0.1, 0.15) is 18.1 Å². The zero-order valence-electron chi connectivity index (χ0n) is 18.2. The molecule has 3 rings (SSSR count). The topological polar surface area (TPSA) is 119 Å². The molecule has 0 saturated carbocycles. The van der Waals surface area contributed by atoms with Crippen LogP contribution in [-0.4, -0.2) is 61.7 Å². The molecule has 4 amide bonds. The number of benzene rings is 1. The Morgan fingerprint density at radius 3 is 2.50 bits per heavy atom. The summed E-state index contributed by atoms with van der Waals surface area (Å²) in [4.78, 5) is 42.8. The fraction of sp³-hybridized carbons (Fsp3) is 0.364. The van der Waals surface area contributed by atoms with E-state index in [1.807, 2.05) is 0 Å². The number of nitrogens with zero attached hydrogens (tertiary/aromatic N) is 2. The van der Waals surface area contributed by atoms with Gasteiger partial charge in [0.25, 0.3) is 5.91 Å². The number of amides is 4. The lowest BCUT2D eigenvalue weighted by Crippen LogP contribution is -2.43. The molecule has 0 bridgehead atoms. The number of urea groups is 1. The predicted octanol–water partition coefficient (Wildman–Crippen LogP) is 1.20. The van der Waals surface area contributed by atoms with Crippen LogP contribution in [-0.2, 0) is 26.4 Å². The third kappa shape index (κ3) is 5.14. The van der Waals surface area contributed by atoms with E-state index in [1.54, 1.807) is 63.7 Å². The van der Waals surface area contributed by atoms with Gasteiger partial charge in [0.05, 0.1) is 13.7 Å². The molecule has 0 spiro atoms. The lowest BCUT2D eigenvalue weighted by Gasteiger charge is -2.22. The zero-order chi connectivity index (χ0) is 23.1. The number of nitrogens with one attached hydrogen (secondary N) is 2. The highest BCUT2D eigenvalue weighted by molar-refractivity contribution is 6.09. The van der Waals surface area contributed by atoms with Crippen LogP contribution in [0.2, 0.25) is 0 Å². The lowest BCUT2D eigenvalue weighted by molar-refractivity contribution is -0.134. The van der Waals surface area contributed by atoms with Gasteiger partial charge in [-0.2, -0.15) is 0 Å². The van der Waals surface area contributed by atoms with E-state index in [1.165, 1.54) is 0 Å². The molecule has 1 saturated heterocycles. The maximum absolute atomic E-state index is 12.9. The number of carbonyl (C=O) groups is 3. The minimum Gasteiger partial charge on any atom is -0.497 e. The second-order valence-corrected chi connectivity index (χ2v) is 7.30. The van der Waals surface area contributed by atoms with Gasteiger partial charge in [-0.25, -0.2) is 9.78 Å². The van der Waals surface area contributed by atoms with Crippen molar-refractivity contribution in [1.82, 2.24) is 20.5 Å². The molecular formula is C22H26N4O6. The molecule has 2 heterocycles. The molecule has 2 aromatic rings. The van der Waals surface area contributed by atoms with Gasteiger partial charge in [0.15, 0.2) is 0 Å². The quantitative estimate of drug-likeness (QED) is 0.419. The Kier molecular flexibility index (Phi) is 7.26. The van der Waals surface area contributed by atoms with Gasteiger partial charge in [-0.1, -0.05) is 18.2 Å². The van der Waals surface area contributed by atoms with Gasteiger partial charge < -0.3 is 24.8 Å². The van der Waals surface area contributed by atoms with E-state index in [0.717, 1.165) is 10.5 Å². The van der Waals surface area contributed by atoms with Gasteiger partial charge in [-0.15, -0.1) is 0 Å². The van der Waals surface area contributed by atoms with Gasteiger partial charge in [-0.05, 0) is 30.2 Å². The van der Waals surface area contributed by atoms with Crippen LogP contribution in [0.3, 0.4) is 0 Å². The number of hydrogen-bond donors (Lipinski definition) is 2. The SMILES string of the molecule is COCCOc1ccc(CNC(=O)CN2C(=O)NC(C)(c3ccc(OC)cc3)C2=O)cn1. The fourth-order valence-corrected chi connectivity index (χ4v) is 3.19. The average molecular weight is 442 g/mol. The Hall–Kier alpha value is -3.66. The molecule has 1 fully saturated rings. The Morgan fingerprint density at radius 2 is 1.88 bits per heavy atom. The summed E-state index contributed by atoms with van der Waals surface area (Å²) in [5.74, 6) is 0.124. The summed E-state index contributed by atoms with van der Waals surface area (Å²) in [6.07, 6.45) is 1.58. The van der Waals surface area contributed by atoms with Crippen molar-refractivity contribution < 1.29 is 28.6 Å². The number of aromatic nitrogens is 1. The summed E-state index contributed by atoms with van der Waals surface area (Å²) in [7, 11) is 3.13. The number of hydrogen-bond acceptors (Lipinski definition) is 7. The number of methoxy groups -OCH3 is 2. The summed E-state index contributed by atoms with van der Waals surface area (Å²) in [6, 6.07) is 9.66.